The molecule has 1 heterocycles. The highest BCUT2D eigenvalue weighted by molar-refractivity contribution is 5.89. The van der Waals surface area contributed by atoms with Gasteiger partial charge in [0.15, 0.2) is 0 Å². The van der Waals surface area contributed by atoms with Gasteiger partial charge in [-0.05, 0) is 11.8 Å². The van der Waals surface area contributed by atoms with Crippen LogP contribution in [0.25, 0.3) is 0 Å². The van der Waals surface area contributed by atoms with E-state index in [-0.39, 0.29) is 36.0 Å². The molecule has 0 radical (unpaired) electrons. The molecule has 6 nitrogen and oxygen atoms in total. The molecule has 1 rings (SSSR count). The van der Waals surface area contributed by atoms with Crippen LogP contribution in [0, 0.1) is 11.3 Å². The van der Waals surface area contributed by atoms with Crippen molar-refractivity contribution < 1.29 is 19.5 Å². The Bertz CT molecular complexity index is 373. The fourth-order valence-corrected chi connectivity index (χ4v) is 2.23. The van der Waals surface area contributed by atoms with Gasteiger partial charge >= 0.3 is 5.97 Å². The highest BCUT2D eigenvalue weighted by Gasteiger charge is 2.30. The van der Waals surface area contributed by atoms with Gasteiger partial charge in [-0.15, -0.1) is 0 Å². The molecule has 1 aliphatic rings. The van der Waals surface area contributed by atoms with Gasteiger partial charge in [-0.3, -0.25) is 14.4 Å². The van der Waals surface area contributed by atoms with Gasteiger partial charge in [0.2, 0.25) is 11.8 Å². The Kier molecular flexibility index (Phi) is 4.91. The first-order valence-electron chi connectivity index (χ1n) is 6.46. The van der Waals surface area contributed by atoms with Crippen molar-refractivity contribution in [3.63, 3.8) is 0 Å². The lowest BCUT2D eigenvalue weighted by Crippen LogP contribution is -2.42. The van der Waals surface area contributed by atoms with Crippen LogP contribution in [0.5, 0.6) is 0 Å². The van der Waals surface area contributed by atoms with E-state index >= 15 is 0 Å². The normalized spacial score (nSPS) is 20.8. The highest BCUT2D eigenvalue weighted by atomic mass is 16.4. The zero-order valence-corrected chi connectivity index (χ0v) is 11.7. The number of hydrogen-bond acceptors (Lipinski definition) is 3. The predicted octanol–water partition coefficient (Wildman–Crippen LogP) is 0.518. The molecular formula is C13H22N2O4. The number of carbonyl (C=O) groups excluding carboxylic acids is 2. The molecule has 0 spiro atoms. The number of nitrogens with one attached hydrogen (secondary N) is 2. The summed E-state index contributed by atoms with van der Waals surface area (Å²) in [6.45, 7) is 6.32. The van der Waals surface area contributed by atoms with Crippen molar-refractivity contribution in [1.82, 2.24) is 10.6 Å². The third-order valence-corrected chi connectivity index (χ3v) is 2.97. The van der Waals surface area contributed by atoms with E-state index in [1.54, 1.807) is 0 Å². The average molecular weight is 270 g/mol. The number of carbonyl (C=O) groups is 3. The van der Waals surface area contributed by atoms with E-state index < -0.39 is 12.0 Å². The van der Waals surface area contributed by atoms with Gasteiger partial charge in [0.05, 0.1) is 12.3 Å². The van der Waals surface area contributed by atoms with Crippen LogP contribution in [0.4, 0.5) is 0 Å². The summed E-state index contributed by atoms with van der Waals surface area (Å²) in [5, 5.41) is 14.2. The maximum Gasteiger partial charge on any atom is 0.305 e. The SMILES string of the molecule is CC(C)(C)CC(CC(=O)O)NC(=O)C1CNC(=O)C1. The molecule has 2 atom stereocenters. The fourth-order valence-electron chi connectivity index (χ4n) is 2.23. The largest absolute Gasteiger partial charge is 0.481 e. The van der Waals surface area contributed by atoms with Crippen molar-refractivity contribution in [3.8, 4) is 0 Å². The summed E-state index contributed by atoms with van der Waals surface area (Å²) in [5.74, 6) is -1.70. The second-order valence-corrected chi connectivity index (χ2v) is 6.27. The van der Waals surface area contributed by atoms with Crippen LogP contribution < -0.4 is 10.6 Å². The summed E-state index contributed by atoms with van der Waals surface area (Å²) < 4.78 is 0. The zero-order chi connectivity index (χ0) is 14.6. The lowest BCUT2D eigenvalue weighted by atomic mass is 9.86. The standard InChI is InChI=1S/C13H22N2O4/c1-13(2,3)6-9(5-11(17)18)15-12(19)8-4-10(16)14-7-8/h8-9H,4-7H2,1-3H3,(H,14,16)(H,15,19)(H,17,18). The molecule has 1 aliphatic heterocycles. The third kappa shape index (κ3) is 5.72. The molecule has 2 unspecified atom stereocenters. The van der Waals surface area contributed by atoms with Gasteiger partial charge in [-0.2, -0.15) is 0 Å². The van der Waals surface area contributed by atoms with Crippen molar-refractivity contribution >= 4 is 17.8 Å². The van der Waals surface area contributed by atoms with E-state index in [4.69, 9.17) is 5.11 Å². The molecule has 0 aromatic rings. The molecule has 0 aromatic heterocycles. The van der Waals surface area contributed by atoms with Gasteiger partial charge < -0.3 is 15.7 Å². The lowest BCUT2D eigenvalue weighted by molar-refractivity contribution is -0.138. The second kappa shape index (κ2) is 6.04. The third-order valence-electron chi connectivity index (χ3n) is 2.97. The van der Waals surface area contributed by atoms with Crippen molar-refractivity contribution in [2.75, 3.05) is 6.54 Å². The predicted molar refractivity (Wildman–Crippen MR) is 69.4 cm³/mol. The monoisotopic (exact) mass is 270 g/mol. The lowest BCUT2D eigenvalue weighted by Gasteiger charge is -2.26. The van der Waals surface area contributed by atoms with Crippen LogP contribution in [0.2, 0.25) is 0 Å². The van der Waals surface area contributed by atoms with Gasteiger partial charge in [-0.1, -0.05) is 20.8 Å². The number of aliphatic carboxylic acids is 1. The molecule has 0 aromatic carbocycles. The van der Waals surface area contributed by atoms with Crippen LogP contribution >= 0.6 is 0 Å². The van der Waals surface area contributed by atoms with Crippen molar-refractivity contribution in [3.05, 3.63) is 0 Å². The highest BCUT2D eigenvalue weighted by Crippen LogP contribution is 2.22. The van der Waals surface area contributed by atoms with Crippen molar-refractivity contribution in [1.29, 1.82) is 0 Å². The molecule has 2 amide bonds. The zero-order valence-electron chi connectivity index (χ0n) is 11.7. The van der Waals surface area contributed by atoms with E-state index in [9.17, 15) is 14.4 Å². The first-order chi connectivity index (χ1) is 8.67. The van der Waals surface area contributed by atoms with Crippen LogP contribution in [0.1, 0.15) is 40.0 Å². The molecule has 0 saturated carbocycles. The molecular weight excluding hydrogens is 248 g/mol. The van der Waals surface area contributed by atoms with Crippen molar-refractivity contribution in [2.45, 2.75) is 46.1 Å². The average Bonchev–Trinajstić information content (AvgIpc) is 2.60. The van der Waals surface area contributed by atoms with Gasteiger partial charge in [-0.25, -0.2) is 0 Å². The Morgan fingerprint density at radius 3 is 2.53 bits per heavy atom. The van der Waals surface area contributed by atoms with Gasteiger partial charge in [0.1, 0.15) is 0 Å². The van der Waals surface area contributed by atoms with Crippen LogP contribution in [0.3, 0.4) is 0 Å². The molecule has 1 saturated heterocycles. The van der Waals surface area contributed by atoms with Crippen LogP contribution in [-0.4, -0.2) is 35.5 Å². The minimum absolute atomic E-state index is 0.0723. The first-order valence-corrected chi connectivity index (χ1v) is 6.46. The summed E-state index contributed by atoms with van der Waals surface area (Å²) >= 11 is 0. The summed E-state index contributed by atoms with van der Waals surface area (Å²) in [6.07, 6.45) is 0.664. The van der Waals surface area contributed by atoms with Gasteiger partial charge in [0.25, 0.3) is 0 Å². The van der Waals surface area contributed by atoms with E-state index in [0.717, 1.165) is 0 Å². The van der Waals surface area contributed by atoms with E-state index in [0.29, 0.717) is 13.0 Å². The molecule has 6 heteroatoms. The quantitative estimate of drug-likeness (QED) is 0.678. The van der Waals surface area contributed by atoms with Crippen LogP contribution in [0.15, 0.2) is 0 Å². The van der Waals surface area contributed by atoms with E-state index in [1.165, 1.54) is 0 Å². The summed E-state index contributed by atoms with van der Waals surface area (Å²) in [6, 6.07) is -0.402. The number of hydrogen-bond donors (Lipinski definition) is 3. The Hall–Kier alpha value is -1.59. The van der Waals surface area contributed by atoms with Crippen LogP contribution in [-0.2, 0) is 14.4 Å². The maximum atomic E-state index is 12.0. The molecule has 19 heavy (non-hydrogen) atoms. The number of carboxylic acid groups (broad SMARTS) is 1. The minimum atomic E-state index is -0.935. The second-order valence-electron chi connectivity index (χ2n) is 6.27. The fraction of sp³-hybridized carbons (Fsp3) is 0.769. The topological polar surface area (TPSA) is 95.5 Å². The summed E-state index contributed by atoms with van der Waals surface area (Å²) in [5.41, 5.74) is -0.0723. The van der Waals surface area contributed by atoms with Crippen molar-refractivity contribution in [2.24, 2.45) is 11.3 Å². The number of rotatable bonds is 5. The molecule has 1 fully saturated rings. The molecule has 0 aliphatic carbocycles. The number of amides is 2. The Labute approximate surface area is 112 Å². The smallest absolute Gasteiger partial charge is 0.305 e. The Morgan fingerprint density at radius 1 is 1.47 bits per heavy atom. The van der Waals surface area contributed by atoms with E-state index in [2.05, 4.69) is 10.6 Å². The Morgan fingerprint density at radius 2 is 2.11 bits per heavy atom. The number of carboxylic acids is 1. The maximum absolute atomic E-state index is 12.0. The minimum Gasteiger partial charge on any atom is -0.481 e. The summed E-state index contributed by atoms with van der Waals surface area (Å²) in [7, 11) is 0. The Balaban J connectivity index is 2.58. The molecule has 108 valence electrons. The van der Waals surface area contributed by atoms with Gasteiger partial charge in [0, 0.05) is 19.0 Å². The molecule has 0 bridgehead atoms. The first kappa shape index (κ1) is 15.5. The van der Waals surface area contributed by atoms with E-state index in [1.807, 2.05) is 20.8 Å². The molecule has 3 N–H and O–H groups in total. The summed E-state index contributed by atoms with van der Waals surface area (Å²) in [4.78, 5) is 33.9.